The lowest BCUT2D eigenvalue weighted by Crippen LogP contribution is -2.42. The fourth-order valence-corrected chi connectivity index (χ4v) is 4.23. The van der Waals surface area contributed by atoms with Crippen molar-refractivity contribution >= 4 is 0 Å². The molecule has 21 heavy (non-hydrogen) atoms. The van der Waals surface area contributed by atoms with Crippen LogP contribution >= 0.6 is 0 Å². The van der Waals surface area contributed by atoms with Gasteiger partial charge >= 0.3 is 0 Å². The molecule has 4 atom stereocenters. The summed E-state index contributed by atoms with van der Waals surface area (Å²) >= 11 is 0. The van der Waals surface area contributed by atoms with E-state index in [1.54, 1.807) is 0 Å². The van der Waals surface area contributed by atoms with Crippen molar-refractivity contribution in [2.75, 3.05) is 13.1 Å². The van der Waals surface area contributed by atoms with Gasteiger partial charge < -0.3 is 0 Å². The van der Waals surface area contributed by atoms with Crippen molar-refractivity contribution < 1.29 is 0 Å². The van der Waals surface area contributed by atoms with Crippen LogP contribution in [0.25, 0.3) is 0 Å². The maximum atomic E-state index is 9.53. The van der Waals surface area contributed by atoms with E-state index in [0.29, 0.717) is 12.0 Å². The Hall–Kier alpha value is -1.33. The smallest absolute Gasteiger partial charge is 0.0672 e. The third kappa shape index (κ3) is 3.14. The zero-order chi connectivity index (χ0) is 14.7. The van der Waals surface area contributed by atoms with Gasteiger partial charge in [-0.05, 0) is 49.6 Å². The Labute approximate surface area is 128 Å². The van der Waals surface area contributed by atoms with Gasteiger partial charge in [-0.25, -0.2) is 0 Å². The van der Waals surface area contributed by atoms with Gasteiger partial charge in [0.1, 0.15) is 0 Å². The first-order valence-corrected chi connectivity index (χ1v) is 8.50. The predicted molar refractivity (Wildman–Crippen MR) is 85.9 cm³/mol. The van der Waals surface area contributed by atoms with Gasteiger partial charge in [0.2, 0.25) is 0 Å². The number of hydrogen-bond acceptors (Lipinski definition) is 2. The minimum absolute atomic E-state index is 0.237. The first kappa shape index (κ1) is 14.6. The van der Waals surface area contributed by atoms with Gasteiger partial charge in [-0.2, -0.15) is 5.26 Å². The normalized spacial score (nSPS) is 33.7. The van der Waals surface area contributed by atoms with E-state index in [9.17, 15) is 5.26 Å². The molecule has 1 saturated heterocycles. The zero-order valence-electron chi connectivity index (χ0n) is 13.0. The van der Waals surface area contributed by atoms with Crippen LogP contribution in [0.1, 0.15) is 50.5 Å². The maximum absolute atomic E-state index is 9.53. The summed E-state index contributed by atoms with van der Waals surface area (Å²) in [4.78, 5) is 2.62. The molecule has 0 aromatic heterocycles. The Balaban J connectivity index is 1.72. The summed E-state index contributed by atoms with van der Waals surface area (Å²) < 4.78 is 0. The average molecular weight is 282 g/mol. The molecule has 1 aromatic carbocycles. The second-order valence-electron chi connectivity index (χ2n) is 6.78. The molecule has 2 fully saturated rings. The monoisotopic (exact) mass is 282 g/mol. The molecule has 4 unspecified atom stereocenters. The van der Waals surface area contributed by atoms with Gasteiger partial charge in [0.15, 0.2) is 0 Å². The lowest BCUT2D eigenvalue weighted by molar-refractivity contribution is 0.139. The number of likely N-dealkylation sites (tertiary alicyclic amines) is 1. The molecule has 2 heteroatoms. The highest BCUT2D eigenvalue weighted by Gasteiger charge is 2.37. The number of rotatable bonds is 3. The highest BCUT2D eigenvalue weighted by Crippen LogP contribution is 2.39. The number of hydrogen-bond donors (Lipinski definition) is 0. The van der Waals surface area contributed by atoms with Crippen molar-refractivity contribution in [2.45, 2.75) is 51.0 Å². The standard InChI is InChI=1S/C19H26N2/c1-2-15-10-11-21(14-15)19-12-17(8-9-18(19)13-20)16-6-4-3-5-7-16/h3-7,15,17-19H,2,8-12,14H2,1H3. The van der Waals surface area contributed by atoms with Gasteiger partial charge in [-0.3, -0.25) is 4.90 Å². The Morgan fingerprint density at radius 2 is 2.00 bits per heavy atom. The highest BCUT2D eigenvalue weighted by molar-refractivity contribution is 5.21. The van der Waals surface area contributed by atoms with Crippen LogP contribution in [0, 0.1) is 23.2 Å². The molecule has 2 nitrogen and oxygen atoms in total. The molecule has 112 valence electrons. The van der Waals surface area contributed by atoms with Crippen LogP contribution in [-0.4, -0.2) is 24.0 Å². The van der Waals surface area contributed by atoms with Gasteiger partial charge in [0, 0.05) is 12.6 Å². The third-order valence-corrected chi connectivity index (χ3v) is 5.62. The van der Waals surface area contributed by atoms with Crippen molar-refractivity contribution in [3.63, 3.8) is 0 Å². The molecular weight excluding hydrogens is 256 g/mol. The average Bonchev–Trinajstić information content (AvgIpc) is 3.04. The van der Waals surface area contributed by atoms with Crippen LogP contribution < -0.4 is 0 Å². The lowest BCUT2D eigenvalue weighted by atomic mass is 9.75. The molecule has 1 aliphatic heterocycles. The Kier molecular flexibility index (Phi) is 4.60. The molecule has 1 aliphatic carbocycles. The topological polar surface area (TPSA) is 27.0 Å². The van der Waals surface area contributed by atoms with E-state index in [2.05, 4.69) is 48.2 Å². The fourth-order valence-electron chi connectivity index (χ4n) is 4.23. The van der Waals surface area contributed by atoms with E-state index >= 15 is 0 Å². The third-order valence-electron chi connectivity index (χ3n) is 5.62. The predicted octanol–water partition coefficient (Wildman–Crippen LogP) is 4.19. The van der Waals surface area contributed by atoms with Crippen LogP contribution in [0.15, 0.2) is 30.3 Å². The van der Waals surface area contributed by atoms with E-state index in [1.807, 2.05) is 0 Å². The van der Waals surface area contributed by atoms with E-state index < -0.39 is 0 Å². The first-order chi connectivity index (χ1) is 10.3. The van der Waals surface area contributed by atoms with Crippen molar-refractivity contribution in [1.82, 2.24) is 4.90 Å². The van der Waals surface area contributed by atoms with E-state index in [4.69, 9.17) is 0 Å². The molecular formula is C19H26N2. The fraction of sp³-hybridized carbons (Fsp3) is 0.632. The molecule has 3 rings (SSSR count). The lowest BCUT2D eigenvalue weighted by Gasteiger charge is -2.38. The Morgan fingerprint density at radius 1 is 1.19 bits per heavy atom. The van der Waals surface area contributed by atoms with E-state index in [-0.39, 0.29) is 5.92 Å². The van der Waals surface area contributed by atoms with Crippen LogP contribution in [0.5, 0.6) is 0 Å². The van der Waals surface area contributed by atoms with Crippen LogP contribution in [0.2, 0.25) is 0 Å². The molecule has 1 saturated carbocycles. The second-order valence-corrected chi connectivity index (χ2v) is 6.78. The molecule has 1 aromatic rings. The second kappa shape index (κ2) is 6.62. The SMILES string of the molecule is CCC1CCN(C2CC(c3ccccc3)CCC2C#N)C1. The molecule has 2 aliphatic rings. The molecule has 0 bridgehead atoms. The number of benzene rings is 1. The van der Waals surface area contributed by atoms with Crippen molar-refractivity contribution in [1.29, 1.82) is 5.26 Å². The summed E-state index contributed by atoms with van der Waals surface area (Å²) in [5, 5.41) is 9.53. The minimum Gasteiger partial charge on any atom is -0.299 e. The van der Waals surface area contributed by atoms with Crippen molar-refractivity contribution in [3.05, 3.63) is 35.9 Å². The maximum Gasteiger partial charge on any atom is 0.0672 e. The molecule has 1 heterocycles. The number of nitrogens with zero attached hydrogens (tertiary/aromatic N) is 2. The summed E-state index contributed by atoms with van der Waals surface area (Å²) in [6.45, 7) is 4.70. The van der Waals surface area contributed by atoms with E-state index in [1.165, 1.54) is 44.3 Å². The highest BCUT2D eigenvalue weighted by atomic mass is 15.2. The quantitative estimate of drug-likeness (QED) is 0.831. The van der Waals surface area contributed by atoms with E-state index in [0.717, 1.165) is 12.3 Å². The summed E-state index contributed by atoms with van der Waals surface area (Å²) in [6.07, 6.45) is 6.00. The van der Waals surface area contributed by atoms with Crippen LogP contribution in [-0.2, 0) is 0 Å². The zero-order valence-corrected chi connectivity index (χ0v) is 13.0. The number of nitriles is 1. The van der Waals surface area contributed by atoms with Crippen molar-refractivity contribution in [3.8, 4) is 6.07 Å². The minimum atomic E-state index is 0.237. The van der Waals surface area contributed by atoms with Gasteiger partial charge in [0.05, 0.1) is 12.0 Å². The Morgan fingerprint density at radius 3 is 2.67 bits per heavy atom. The Bertz CT molecular complexity index is 490. The summed E-state index contributed by atoms with van der Waals surface area (Å²) in [6, 6.07) is 14.0. The summed E-state index contributed by atoms with van der Waals surface area (Å²) in [5.41, 5.74) is 1.46. The first-order valence-electron chi connectivity index (χ1n) is 8.50. The molecule has 0 amide bonds. The summed E-state index contributed by atoms with van der Waals surface area (Å²) in [5.74, 6) is 1.73. The van der Waals surface area contributed by atoms with Gasteiger partial charge in [0.25, 0.3) is 0 Å². The van der Waals surface area contributed by atoms with Crippen molar-refractivity contribution in [2.24, 2.45) is 11.8 Å². The van der Waals surface area contributed by atoms with Gasteiger partial charge in [-0.15, -0.1) is 0 Å². The summed E-state index contributed by atoms with van der Waals surface area (Å²) in [7, 11) is 0. The van der Waals surface area contributed by atoms with Crippen LogP contribution in [0.4, 0.5) is 0 Å². The molecule has 0 radical (unpaired) electrons. The largest absolute Gasteiger partial charge is 0.299 e. The van der Waals surface area contributed by atoms with Gasteiger partial charge in [-0.1, -0.05) is 43.7 Å². The molecule has 0 spiro atoms. The van der Waals surface area contributed by atoms with Crippen LogP contribution in [0.3, 0.4) is 0 Å². The molecule has 0 N–H and O–H groups in total.